The van der Waals surface area contributed by atoms with Gasteiger partial charge < -0.3 is 5.21 Å². The van der Waals surface area contributed by atoms with E-state index >= 15 is 0 Å². The van der Waals surface area contributed by atoms with Crippen LogP contribution in [0.15, 0.2) is 64.0 Å². The quantitative estimate of drug-likeness (QED) is 0.498. The van der Waals surface area contributed by atoms with E-state index in [1.165, 1.54) is 4.57 Å². The summed E-state index contributed by atoms with van der Waals surface area (Å²) >= 11 is 0. The van der Waals surface area contributed by atoms with Crippen molar-refractivity contribution in [2.75, 3.05) is 0 Å². The average molecular weight is 279 g/mol. The molecule has 0 radical (unpaired) electrons. The monoisotopic (exact) mass is 279 g/mol. The number of rotatable bonds is 1. The van der Waals surface area contributed by atoms with Crippen molar-refractivity contribution in [3.05, 3.63) is 70.2 Å². The first-order chi connectivity index (χ1) is 10.3. The van der Waals surface area contributed by atoms with Crippen molar-refractivity contribution in [1.29, 1.82) is 0 Å². The van der Waals surface area contributed by atoms with Crippen LogP contribution in [0.1, 0.15) is 0 Å². The van der Waals surface area contributed by atoms with E-state index in [0.29, 0.717) is 16.6 Å². The van der Waals surface area contributed by atoms with Crippen molar-refractivity contribution in [2.45, 2.75) is 0 Å². The number of nitrogens with zero attached hydrogens (tertiary/aromatic N) is 3. The fraction of sp³-hybridized carbons (Fsp3) is 0. The number of aromatic nitrogens is 3. The third kappa shape index (κ3) is 1.56. The van der Waals surface area contributed by atoms with Crippen LogP contribution >= 0.6 is 0 Å². The molecule has 0 aliphatic rings. The lowest BCUT2D eigenvalue weighted by Gasteiger charge is -2.08. The molecule has 0 aliphatic heterocycles. The molecule has 0 saturated heterocycles. The van der Waals surface area contributed by atoms with Gasteiger partial charge in [-0.1, -0.05) is 30.3 Å². The Labute approximate surface area is 118 Å². The highest BCUT2D eigenvalue weighted by Crippen LogP contribution is 2.21. The molecule has 21 heavy (non-hydrogen) atoms. The Morgan fingerprint density at radius 1 is 1.05 bits per heavy atom. The van der Waals surface area contributed by atoms with E-state index < -0.39 is 5.56 Å². The van der Waals surface area contributed by atoms with Gasteiger partial charge in [0, 0.05) is 10.8 Å². The summed E-state index contributed by atoms with van der Waals surface area (Å²) < 4.78 is 6.08. The van der Waals surface area contributed by atoms with E-state index in [1.54, 1.807) is 6.07 Å². The summed E-state index contributed by atoms with van der Waals surface area (Å²) in [5.74, 6) is 0. The lowest BCUT2D eigenvalue weighted by molar-refractivity contribution is -0.782. The van der Waals surface area contributed by atoms with Crippen molar-refractivity contribution < 1.29 is 9.53 Å². The van der Waals surface area contributed by atoms with Crippen molar-refractivity contribution >= 4 is 21.9 Å². The molecule has 102 valence electrons. The van der Waals surface area contributed by atoms with Crippen LogP contribution in [0.5, 0.6) is 0 Å². The van der Waals surface area contributed by atoms with Gasteiger partial charge in [-0.15, -0.1) is 0 Å². The largest absolute Gasteiger partial charge is 0.359 e. The molecule has 0 saturated carbocycles. The normalized spacial score (nSPS) is 11.2. The lowest BCUT2D eigenvalue weighted by atomic mass is 10.1. The maximum absolute atomic E-state index is 12.7. The van der Waals surface area contributed by atoms with Gasteiger partial charge in [-0.3, -0.25) is 14.0 Å². The predicted octanol–water partition coefficient (Wildman–Crippen LogP) is 1.77. The second kappa shape index (κ2) is 4.17. The number of benzene rings is 2. The van der Waals surface area contributed by atoms with Gasteiger partial charge in [0.15, 0.2) is 0 Å². The highest BCUT2D eigenvalue weighted by atomic mass is 16.8. The minimum Gasteiger partial charge on any atom is -0.359 e. The second-order valence-electron chi connectivity index (χ2n) is 4.62. The second-order valence-corrected chi connectivity index (χ2v) is 4.62. The van der Waals surface area contributed by atoms with Gasteiger partial charge in [-0.25, -0.2) is 0 Å². The topological polar surface area (TPSA) is 75.0 Å². The molecule has 0 amide bonds. The Morgan fingerprint density at radius 3 is 2.57 bits per heavy atom. The first-order valence-corrected chi connectivity index (χ1v) is 6.36. The molecule has 6 nitrogen and oxygen atoms in total. The van der Waals surface area contributed by atoms with E-state index in [4.69, 9.17) is 0 Å². The Morgan fingerprint density at radius 2 is 1.76 bits per heavy atom. The molecule has 2 aromatic carbocycles. The highest BCUT2D eigenvalue weighted by Gasteiger charge is 2.21. The van der Waals surface area contributed by atoms with Gasteiger partial charge in [0.25, 0.3) is 11.0 Å². The fourth-order valence-electron chi connectivity index (χ4n) is 2.52. The molecule has 2 heterocycles. The summed E-state index contributed by atoms with van der Waals surface area (Å²) in [4.78, 5) is 12.8. The molecule has 0 spiro atoms. The number of para-hydroxylation sites is 2. The molecule has 0 atom stereocenters. The van der Waals surface area contributed by atoms with E-state index in [9.17, 15) is 10.0 Å². The zero-order chi connectivity index (χ0) is 14.4. The first kappa shape index (κ1) is 11.7. The summed E-state index contributed by atoms with van der Waals surface area (Å²) in [6.07, 6.45) is 0. The first-order valence-electron chi connectivity index (χ1n) is 6.36. The SMILES string of the molecule is O=c1c2c(no[n+]2[O-])c2ccccc2n1-c1ccccc1. The maximum Gasteiger partial charge on any atom is 0.311 e. The van der Waals surface area contributed by atoms with E-state index in [-0.39, 0.29) is 15.9 Å². The van der Waals surface area contributed by atoms with E-state index in [2.05, 4.69) is 9.79 Å². The molecule has 0 fully saturated rings. The Balaban J connectivity index is 2.30. The standard InChI is InChI=1S/C15H9N3O3/c19-15-14-13(16-21-18(14)20)11-8-4-5-9-12(11)17(15)10-6-2-1-3-7-10/h1-9H. The van der Waals surface area contributed by atoms with Gasteiger partial charge in [-0.05, 0) is 29.2 Å². The van der Waals surface area contributed by atoms with Gasteiger partial charge in [-0.2, -0.15) is 0 Å². The van der Waals surface area contributed by atoms with Crippen molar-refractivity contribution in [3.8, 4) is 5.69 Å². The molecule has 0 bridgehead atoms. The molecule has 0 aliphatic carbocycles. The van der Waals surface area contributed by atoms with Crippen LogP contribution in [0.4, 0.5) is 0 Å². The summed E-state index contributed by atoms with van der Waals surface area (Å²) in [5, 5.41) is 16.1. The Hall–Kier alpha value is -3.15. The fourth-order valence-corrected chi connectivity index (χ4v) is 2.52. The molecule has 0 unspecified atom stereocenters. The van der Waals surface area contributed by atoms with E-state index in [0.717, 1.165) is 0 Å². The Kier molecular flexibility index (Phi) is 2.32. The van der Waals surface area contributed by atoms with Crippen LogP contribution in [0.2, 0.25) is 0 Å². The summed E-state index contributed by atoms with van der Waals surface area (Å²) in [6.45, 7) is 0. The van der Waals surface area contributed by atoms with Crippen LogP contribution in [0.3, 0.4) is 0 Å². The third-order valence-corrected chi connectivity index (χ3v) is 3.43. The molecule has 4 rings (SSSR count). The van der Waals surface area contributed by atoms with Crippen molar-refractivity contribution in [3.63, 3.8) is 0 Å². The molecular formula is C15H9N3O3. The minimum atomic E-state index is -0.453. The van der Waals surface area contributed by atoms with Gasteiger partial charge >= 0.3 is 5.56 Å². The van der Waals surface area contributed by atoms with Crippen molar-refractivity contribution in [1.82, 2.24) is 9.72 Å². The lowest BCUT2D eigenvalue weighted by Crippen LogP contribution is -2.32. The smallest absolute Gasteiger partial charge is 0.311 e. The van der Waals surface area contributed by atoms with Crippen LogP contribution in [0.25, 0.3) is 27.6 Å². The zero-order valence-electron chi connectivity index (χ0n) is 10.8. The molecule has 4 aromatic rings. The molecular weight excluding hydrogens is 270 g/mol. The van der Waals surface area contributed by atoms with Gasteiger partial charge in [0.1, 0.15) is 0 Å². The zero-order valence-corrected chi connectivity index (χ0v) is 10.8. The number of hydrogen-bond donors (Lipinski definition) is 0. The van der Waals surface area contributed by atoms with Crippen LogP contribution in [-0.4, -0.2) is 9.72 Å². The third-order valence-electron chi connectivity index (χ3n) is 3.43. The summed E-state index contributed by atoms with van der Waals surface area (Å²) in [6, 6.07) is 16.4. The predicted molar refractivity (Wildman–Crippen MR) is 76.1 cm³/mol. The number of pyridine rings is 1. The van der Waals surface area contributed by atoms with Crippen LogP contribution in [0, 0.1) is 5.21 Å². The molecule has 6 heteroatoms. The minimum absolute atomic E-state index is 0.0995. The number of fused-ring (bicyclic) bond motifs is 3. The molecule has 2 aromatic heterocycles. The van der Waals surface area contributed by atoms with Crippen molar-refractivity contribution in [2.24, 2.45) is 0 Å². The Bertz CT molecular complexity index is 1020. The maximum atomic E-state index is 12.7. The molecule has 0 N–H and O–H groups in total. The number of hydrogen-bond acceptors (Lipinski definition) is 4. The average Bonchev–Trinajstić information content (AvgIpc) is 2.91. The van der Waals surface area contributed by atoms with Gasteiger partial charge in [0.05, 0.1) is 10.9 Å². The van der Waals surface area contributed by atoms with Gasteiger partial charge in [0.2, 0.25) is 0 Å². The van der Waals surface area contributed by atoms with Crippen LogP contribution < -0.4 is 10.5 Å². The summed E-state index contributed by atoms with van der Waals surface area (Å²) in [5.41, 5.74) is 1.08. The van der Waals surface area contributed by atoms with Crippen LogP contribution in [-0.2, 0) is 0 Å². The highest BCUT2D eigenvalue weighted by molar-refractivity contribution is 6.01. The summed E-state index contributed by atoms with van der Waals surface area (Å²) in [7, 11) is 0. The van der Waals surface area contributed by atoms with E-state index in [1.807, 2.05) is 48.5 Å².